The lowest BCUT2D eigenvalue weighted by Gasteiger charge is -2.19. The highest BCUT2D eigenvalue weighted by Crippen LogP contribution is 2.23. The molecular formula is C13H15ClN2OS2. The molecule has 2 aromatic heterocycles. The normalized spacial score (nSPS) is 10.7. The lowest BCUT2D eigenvalue weighted by molar-refractivity contribution is -0.130. The lowest BCUT2D eigenvalue weighted by atomic mass is 10.3. The quantitative estimate of drug-likeness (QED) is 0.842. The number of hydrogen-bond acceptors (Lipinski definition) is 4. The summed E-state index contributed by atoms with van der Waals surface area (Å²) in [6.45, 7) is 5.25. The van der Waals surface area contributed by atoms with Crippen molar-refractivity contribution in [3.05, 3.63) is 37.4 Å². The summed E-state index contributed by atoms with van der Waals surface area (Å²) < 4.78 is 0.758. The van der Waals surface area contributed by atoms with E-state index in [-0.39, 0.29) is 5.91 Å². The third kappa shape index (κ3) is 4.03. The maximum atomic E-state index is 12.2. The minimum absolute atomic E-state index is 0.109. The Kier molecular flexibility index (Phi) is 4.96. The Morgan fingerprint density at radius 1 is 1.47 bits per heavy atom. The van der Waals surface area contributed by atoms with Crippen molar-refractivity contribution in [2.45, 2.75) is 26.8 Å². The number of nitrogens with zero attached hydrogens (tertiary/aromatic N) is 2. The summed E-state index contributed by atoms with van der Waals surface area (Å²) in [5.74, 6) is 0.109. The molecule has 0 unspecified atom stereocenters. The molecule has 0 fully saturated rings. The zero-order valence-corrected chi connectivity index (χ0v) is 13.2. The molecule has 102 valence electrons. The number of rotatable bonds is 5. The van der Waals surface area contributed by atoms with Crippen LogP contribution in [0.2, 0.25) is 4.34 Å². The van der Waals surface area contributed by atoms with Gasteiger partial charge in [0.25, 0.3) is 0 Å². The van der Waals surface area contributed by atoms with Crippen molar-refractivity contribution in [3.8, 4) is 0 Å². The van der Waals surface area contributed by atoms with E-state index in [9.17, 15) is 4.79 Å². The number of thiazole rings is 1. The fourth-order valence-electron chi connectivity index (χ4n) is 1.76. The van der Waals surface area contributed by atoms with Crippen LogP contribution < -0.4 is 0 Å². The van der Waals surface area contributed by atoms with E-state index < -0.39 is 0 Å². The van der Waals surface area contributed by atoms with Crippen LogP contribution in [0.1, 0.15) is 22.5 Å². The van der Waals surface area contributed by atoms with Crippen molar-refractivity contribution in [3.63, 3.8) is 0 Å². The summed E-state index contributed by atoms with van der Waals surface area (Å²) in [6, 6.07) is 3.83. The van der Waals surface area contributed by atoms with Crippen LogP contribution in [-0.4, -0.2) is 22.3 Å². The second-order valence-electron chi connectivity index (χ2n) is 4.15. The molecule has 0 N–H and O–H groups in total. The number of hydrogen-bond donors (Lipinski definition) is 0. The second kappa shape index (κ2) is 6.50. The van der Waals surface area contributed by atoms with E-state index in [0.29, 0.717) is 19.5 Å². The molecule has 0 aliphatic carbocycles. The van der Waals surface area contributed by atoms with Gasteiger partial charge in [-0.25, -0.2) is 4.98 Å². The fraction of sp³-hybridized carbons (Fsp3) is 0.385. The third-order valence-corrected chi connectivity index (χ3v) is 4.75. The molecule has 2 aromatic rings. The molecule has 0 saturated heterocycles. The molecule has 2 heterocycles. The van der Waals surface area contributed by atoms with Crippen LogP contribution in [0.3, 0.4) is 0 Å². The summed E-state index contributed by atoms with van der Waals surface area (Å²) in [4.78, 5) is 19.5. The first-order valence-electron chi connectivity index (χ1n) is 6.01. The van der Waals surface area contributed by atoms with Crippen LogP contribution in [0.25, 0.3) is 0 Å². The highest BCUT2D eigenvalue weighted by atomic mass is 35.5. The fourth-order valence-corrected chi connectivity index (χ4v) is 3.47. The number of likely N-dealkylation sites (N-methyl/N-ethyl adjacent to an activating group) is 1. The molecule has 0 aromatic carbocycles. The van der Waals surface area contributed by atoms with Crippen LogP contribution >= 0.6 is 34.3 Å². The predicted molar refractivity (Wildman–Crippen MR) is 81.0 cm³/mol. The minimum atomic E-state index is 0.109. The monoisotopic (exact) mass is 314 g/mol. The van der Waals surface area contributed by atoms with E-state index in [0.717, 1.165) is 19.9 Å². The van der Waals surface area contributed by atoms with Crippen molar-refractivity contribution in [2.75, 3.05) is 6.54 Å². The summed E-state index contributed by atoms with van der Waals surface area (Å²) in [7, 11) is 0. The van der Waals surface area contributed by atoms with E-state index in [1.807, 2.05) is 36.3 Å². The number of amides is 1. The van der Waals surface area contributed by atoms with Crippen molar-refractivity contribution in [1.29, 1.82) is 0 Å². The topological polar surface area (TPSA) is 33.2 Å². The van der Waals surface area contributed by atoms with Gasteiger partial charge in [-0.1, -0.05) is 11.6 Å². The number of carbonyl (C=O) groups is 1. The molecule has 6 heteroatoms. The molecular weight excluding hydrogens is 300 g/mol. The molecule has 0 atom stereocenters. The molecule has 3 nitrogen and oxygen atoms in total. The Morgan fingerprint density at radius 2 is 2.26 bits per heavy atom. The highest BCUT2D eigenvalue weighted by molar-refractivity contribution is 7.16. The molecule has 0 saturated carbocycles. The molecule has 19 heavy (non-hydrogen) atoms. The Labute approximate surface area is 125 Å². The molecule has 0 radical (unpaired) electrons. The number of carbonyl (C=O) groups excluding carboxylic acids is 1. The van der Waals surface area contributed by atoms with Gasteiger partial charge in [0, 0.05) is 16.8 Å². The Balaban J connectivity index is 1.98. The average molecular weight is 315 g/mol. The van der Waals surface area contributed by atoms with Crippen molar-refractivity contribution < 1.29 is 4.79 Å². The maximum Gasteiger partial charge on any atom is 0.228 e. The largest absolute Gasteiger partial charge is 0.337 e. The minimum Gasteiger partial charge on any atom is -0.337 e. The van der Waals surface area contributed by atoms with E-state index in [4.69, 9.17) is 11.6 Å². The van der Waals surface area contributed by atoms with E-state index >= 15 is 0 Å². The van der Waals surface area contributed by atoms with Gasteiger partial charge >= 0.3 is 0 Å². The van der Waals surface area contributed by atoms with E-state index in [1.54, 1.807) is 11.3 Å². The first-order valence-corrected chi connectivity index (χ1v) is 8.09. The Bertz CT molecular complexity index is 564. The smallest absolute Gasteiger partial charge is 0.228 e. The maximum absolute atomic E-state index is 12.2. The van der Waals surface area contributed by atoms with Gasteiger partial charge in [0.05, 0.1) is 28.0 Å². The van der Waals surface area contributed by atoms with Gasteiger partial charge in [-0.3, -0.25) is 4.79 Å². The Morgan fingerprint density at radius 3 is 2.79 bits per heavy atom. The van der Waals surface area contributed by atoms with Gasteiger partial charge < -0.3 is 4.90 Å². The molecule has 0 spiro atoms. The third-order valence-electron chi connectivity index (χ3n) is 2.71. The zero-order valence-electron chi connectivity index (χ0n) is 10.9. The van der Waals surface area contributed by atoms with Gasteiger partial charge in [0.2, 0.25) is 5.91 Å². The summed E-state index contributed by atoms with van der Waals surface area (Å²) in [5.41, 5.74) is 0.857. The molecule has 2 rings (SSSR count). The van der Waals surface area contributed by atoms with Gasteiger partial charge in [-0.15, -0.1) is 22.7 Å². The first kappa shape index (κ1) is 14.5. The molecule has 0 aliphatic heterocycles. The van der Waals surface area contributed by atoms with E-state index in [1.165, 1.54) is 11.3 Å². The number of thiophene rings is 1. The predicted octanol–water partition coefficient (Wildman–Crippen LogP) is 3.76. The average Bonchev–Trinajstić information content (AvgIpc) is 2.95. The van der Waals surface area contributed by atoms with Crippen LogP contribution in [0.15, 0.2) is 17.5 Å². The molecule has 0 aliphatic rings. The van der Waals surface area contributed by atoms with Crippen molar-refractivity contribution in [1.82, 2.24) is 9.88 Å². The Hall–Kier alpha value is -0.910. The summed E-state index contributed by atoms with van der Waals surface area (Å²) in [5, 5.41) is 2.94. The summed E-state index contributed by atoms with van der Waals surface area (Å²) >= 11 is 9.00. The molecule has 1 amide bonds. The molecule has 0 bridgehead atoms. The summed E-state index contributed by atoms with van der Waals surface area (Å²) in [6.07, 6.45) is 0.372. The first-order chi connectivity index (χ1) is 9.08. The van der Waals surface area contributed by atoms with Gasteiger partial charge in [-0.2, -0.15) is 0 Å². The zero-order chi connectivity index (χ0) is 13.8. The van der Waals surface area contributed by atoms with Gasteiger partial charge in [0.1, 0.15) is 0 Å². The van der Waals surface area contributed by atoms with Crippen LogP contribution in [0.4, 0.5) is 0 Å². The lowest BCUT2D eigenvalue weighted by Crippen LogP contribution is -2.31. The van der Waals surface area contributed by atoms with Gasteiger partial charge in [-0.05, 0) is 26.0 Å². The second-order valence-corrected chi connectivity index (χ2v) is 7.01. The number of halogens is 1. The SMILES string of the molecule is CCN(Cc1ccc(Cl)s1)C(=O)Cc1csc(C)n1. The van der Waals surface area contributed by atoms with Crippen LogP contribution in [0, 0.1) is 6.92 Å². The number of aromatic nitrogens is 1. The van der Waals surface area contributed by atoms with Crippen molar-refractivity contribution >= 4 is 40.2 Å². The van der Waals surface area contributed by atoms with Crippen molar-refractivity contribution in [2.24, 2.45) is 0 Å². The van der Waals surface area contributed by atoms with Crippen LogP contribution in [-0.2, 0) is 17.8 Å². The highest BCUT2D eigenvalue weighted by Gasteiger charge is 2.15. The van der Waals surface area contributed by atoms with E-state index in [2.05, 4.69) is 4.98 Å². The van der Waals surface area contributed by atoms with Crippen LogP contribution in [0.5, 0.6) is 0 Å². The van der Waals surface area contributed by atoms with Gasteiger partial charge in [0.15, 0.2) is 0 Å². The number of aryl methyl sites for hydroxylation is 1. The standard InChI is InChI=1S/C13H15ClN2OS2/c1-3-16(7-11-4-5-12(14)19-11)13(17)6-10-8-18-9(2)15-10/h4-5,8H,3,6-7H2,1-2H3.